The zero-order valence-electron chi connectivity index (χ0n) is 16.0. The lowest BCUT2D eigenvalue weighted by molar-refractivity contribution is -0.116. The molecule has 148 valence electrons. The standard InChI is InChI=1S/C19H25ClN2O4S/c1-5-10-22(27(4,25)26)17-11-14(20)8-9-15(17)19(24)16(12-21(2)3)18(23)13-6-7-13/h8-9,11-13H,5-7,10H2,1-4H3/b16-12+. The Bertz CT molecular complexity index is 874. The van der Waals surface area contributed by atoms with Gasteiger partial charge in [-0.05, 0) is 37.5 Å². The van der Waals surface area contributed by atoms with Gasteiger partial charge >= 0.3 is 0 Å². The van der Waals surface area contributed by atoms with E-state index in [0.29, 0.717) is 11.4 Å². The van der Waals surface area contributed by atoms with Crippen molar-refractivity contribution in [2.24, 2.45) is 5.92 Å². The van der Waals surface area contributed by atoms with Crippen molar-refractivity contribution in [1.29, 1.82) is 0 Å². The van der Waals surface area contributed by atoms with Crippen molar-refractivity contribution < 1.29 is 18.0 Å². The van der Waals surface area contributed by atoms with E-state index in [0.717, 1.165) is 19.1 Å². The van der Waals surface area contributed by atoms with Gasteiger partial charge in [0.25, 0.3) is 0 Å². The Morgan fingerprint density at radius 3 is 2.37 bits per heavy atom. The molecular formula is C19H25ClN2O4S. The largest absolute Gasteiger partial charge is 0.383 e. The van der Waals surface area contributed by atoms with Gasteiger partial charge in [-0.25, -0.2) is 8.42 Å². The molecule has 1 aliphatic rings. The molecule has 0 saturated heterocycles. The number of carbonyl (C=O) groups excluding carboxylic acids is 2. The Morgan fingerprint density at radius 1 is 1.26 bits per heavy atom. The minimum absolute atomic E-state index is 0.0658. The number of anilines is 1. The average Bonchev–Trinajstić information content (AvgIpc) is 3.40. The molecule has 0 aromatic heterocycles. The smallest absolute Gasteiger partial charge is 0.232 e. The number of nitrogens with zero attached hydrogens (tertiary/aromatic N) is 2. The van der Waals surface area contributed by atoms with Crippen LogP contribution in [-0.2, 0) is 14.8 Å². The van der Waals surface area contributed by atoms with Crippen molar-refractivity contribution >= 4 is 38.9 Å². The molecule has 0 aliphatic heterocycles. The molecular weight excluding hydrogens is 388 g/mol. The van der Waals surface area contributed by atoms with Crippen LogP contribution < -0.4 is 4.31 Å². The first kappa shape index (κ1) is 21.4. The number of rotatable bonds is 9. The number of hydrogen-bond donors (Lipinski definition) is 0. The lowest BCUT2D eigenvalue weighted by atomic mass is 9.97. The monoisotopic (exact) mass is 412 g/mol. The van der Waals surface area contributed by atoms with Gasteiger partial charge in [0.2, 0.25) is 10.0 Å². The van der Waals surface area contributed by atoms with Gasteiger partial charge in [0.15, 0.2) is 11.6 Å². The summed E-state index contributed by atoms with van der Waals surface area (Å²) >= 11 is 6.08. The summed E-state index contributed by atoms with van der Waals surface area (Å²) in [4.78, 5) is 27.5. The van der Waals surface area contributed by atoms with E-state index in [2.05, 4.69) is 0 Å². The third-order valence-corrected chi connectivity index (χ3v) is 5.56. The molecule has 1 aliphatic carbocycles. The summed E-state index contributed by atoms with van der Waals surface area (Å²) in [6.45, 7) is 2.06. The summed E-state index contributed by atoms with van der Waals surface area (Å²) in [6.07, 6.45) is 4.70. The highest BCUT2D eigenvalue weighted by Crippen LogP contribution is 2.35. The number of carbonyl (C=O) groups is 2. The van der Waals surface area contributed by atoms with Crippen molar-refractivity contribution in [3.05, 3.63) is 40.6 Å². The normalized spacial score (nSPS) is 14.8. The Morgan fingerprint density at radius 2 is 1.89 bits per heavy atom. The molecule has 8 heteroatoms. The molecule has 0 bridgehead atoms. The van der Waals surface area contributed by atoms with Crippen LogP contribution in [-0.4, -0.2) is 51.8 Å². The average molecular weight is 413 g/mol. The van der Waals surface area contributed by atoms with E-state index in [1.807, 2.05) is 6.92 Å². The van der Waals surface area contributed by atoms with Crippen LogP contribution in [0, 0.1) is 5.92 Å². The first-order valence-corrected chi connectivity index (χ1v) is 11.0. The summed E-state index contributed by atoms with van der Waals surface area (Å²) in [5.41, 5.74) is 0.418. The van der Waals surface area contributed by atoms with Crippen LogP contribution in [0.15, 0.2) is 30.0 Å². The number of sulfonamides is 1. The quantitative estimate of drug-likeness (QED) is 0.269. The number of hydrogen-bond acceptors (Lipinski definition) is 5. The first-order valence-electron chi connectivity index (χ1n) is 8.80. The molecule has 0 spiro atoms. The molecule has 1 saturated carbocycles. The topological polar surface area (TPSA) is 74.8 Å². The summed E-state index contributed by atoms with van der Waals surface area (Å²) in [5.74, 6) is -0.814. The van der Waals surface area contributed by atoms with Gasteiger partial charge in [0, 0.05) is 43.3 Å². The molecule has 1 aromatic rings. The van der Waals surface area contributed by atoms with Crippen LogP contribution >= 0.6 is 11.6 Å². The second-order valence-electron chi connectivity index (χ2n) is 6.97. The predicted octanol–water partition coefficient (Wildman–Crippen LogP) is 3.12. The fraction of sp³-hybridized carbons (Fsp3) is 0.474. The van der Waals surface area contributed by atoms with E-state index >= 15 is 0 Å². The van der Waals surface area contributed by atoms with Crippen molar-refractivity contribution in [3.63, 3.8) is 0 Å². The van der Waals surface area contributed by atoms with E-state index in [1.165, 1.54) is 28.7 Å². The summed E-state index contributed by atoms with van der Waals surface area (Å²) in [7, 11) is -0.154. The second-order valence-corrected chi connectivity index (χ2v) is 9.31. The van der Waals surface area contributed by atoms with Gasteiger partial charge < -0.3 is 4.90 Å². The van der Waals surface area contributed by atoms with Crippen LogP contribution in [0.4, 0.5) is 5.69 Å². The van der Waals surface area contributed by atoms with E-state index in [9.17, 15) is 18.0 Å². The Kier molecular flexibility index (Phi) is 6.70. The van der Waals surface area contributed by atoms with Gasteiger partial charge in [-0.3, -0.25) is 13.9 Å². The van der Waals surface area contributed by atoms with Crippen LogP contribution in [0.25, 0.3) is 0 Å². The van der Waals surface area contributed by atoms with Crippen LogP contribution in [0.3, 0.4) is 0 Å². The minimum Gasteiger partial charge on any atom is -0.383 e. The molecule has 0 unspecified atom stereocenters. The molecule has 27 heavy (non-hydrogen) atoms. The second kappa shape index (κ2) is 8.44. The molecule has 6 nitrogen and oxygen atoms in total. The zero-order chi connectivity index (χ0) is 20.4. The molecule has 0 atom stereocenters. The zero-order valence-corrected chi connectivity index (χ0v) is 17.6. The molecule has 2 rings (SSSR count). The predicted molar refractivity (Wildman–Crippen MR) is 108 cm³/mol. The SMILES string of the molecule is CCCN(c1cc(Cl)ccc1C(=O)/C(=C/N(C)C)C(=O)C1CC1)S(C)(=O)=O. The molecule has 0 heterocycles. The van der Waals surface area contributed by atoms with E-state index < -0.39 is 15.8 Å². The maximum Gasteiger partial charge on any atom is 0.232 e. The van der Waals surface area contributed by atoms with Crippen molar-refractivity contribution in [1.82, 2.24) is 4.90 Å². The molecule has 0 radical (unpaired) electrons. The summed E-state index contributed by atoms with van der Waals surface area (Å²) < 4.78 is 25.7. The highest BCUT2D eigenvalue weighted by molar-refractivity contribution is 7.92. The van der Waals surface area contributed by atoms with Crippen LogP contribution in [0.2, 0.25) is 5.02 Å². The molecule has 0 amide bonds. The maximum absolute atomic E-state index is 13.2. The highest BCUT2D eigenvalue weighted by Gasteiger charge is 2.36. The van der Waals surface area contributed by atoms with Crippen LogP contribution in [0.5, 0.6) is 0 Å². The Balaban J connectivity index is 2.59. The van der Waals surface area contributed by atoms with Gasteiger partial charge in [0.05, 0.1) is 17.5 Å². The van der Waals surface area contributed by atoms with Crippen LogP contribution in [0.1, 0.15) is 36.5 Å². The molecule has 1 aromatic carbocycles. The summed E-state index contributed by atoms with van der Waals surface area (Å²) in [5, 5.41) is 0.318. The van der Waals surface area contributed by atoms with E-state index in [1.54, 1.807) is 19.0 Å². The third kappa shape index (κ3) is 5.32. The van der Waals surface area contributed by atoms with Gasteiger partial charge in [-0.15, -0.1) is 0 Å². The van der Waals surface area contributed by atoms with Crippen molar-refractivity contribution in [2.75, 3.05) is 31.2 Å². The molecule has 1 fully saturated rings. The lowest BCUT2D eigenvalue weighted by Gasteiger charge is -2.24. The lowest BCUT2D eigenvalue weighted by Crippen LogP contribution is -2.32. The van der Waals surface area contributed by atoms with Gasteiger partial charge in [-0.2, -0.15) is 0 Å². The van der Waals surface area contributed by atoms with Crippen molar-refractivity contribution in [3.8, 4) is 0 Å². The minimum atomic E-state index is -3.62. The number of Topliss-reactive ketones (excluding diaryl/α,β-unsaturated/α-hetero) is 2. The highest BCUT2D eigenvalue weighted by atomic mass is 35.5. The first-order chi connectivity index (χ1) is 12.6. The third-order valence-electron chi connectivity index (χ3n) is 4.15. The van der Waals surface area contributed by atoms with Gasteiger partial charge in [0.1, 0.15) is 0 Å². The maximum atomic E-state index is 13.2. The van der Waals surface area contributed by atoms with Crippen molar-refractivity contribution in [2.45, 2.75) is 26.2 Å². The Labute approximate surface area is 165 Å². The summed E-state index contributed by atoms with van der Waals surface area (Å²) in [6, 6.07) is 4.47. The molecule has 0 N–H and O–H groups in total. The Hall–Kier alpha value is -1.86. The van der Waals surface area contributed by atoms with E-state index in [-0.39, 0.29) is 35.1 Å². The fourth-order valence-electron chi connectivity index (χ4n) is 2.77. The number of benzene rings is 1. The fourth-order valence-corrected chi connectivity index (χ4v) is 3.96. The number of ketones is 2. The van der Waals surface area contributed by atoms with Gasteiger partial charge in [-0.1, -0.05) is 18.5 Å². The number of allylic oxidation sites excluding steroid dienone is 1. The number of halogens is 1. The van der Waals surface area contributed by atoms with E-state index in [4.69, 9.17) is 11.6 Å².